The minimum Gasteiger partial charge on any atom is -0.371 e. The Bertz CT molecular complexity index is 855. The van der Waals surface area contributed by atoms with Crippen LogP contribution < -0.4 is 4.90 Å². The number of rotatable bonds is 3. The highest BCUT2D eigenvalue weighted by Crippen LogP contribution is 2.24. The number of amides is 2. The molecule has 7 heteroatoms. The number of nitrogens with zero attached hydrogens (tertiary/aromatic N) is 3. The quantitative estimate of drug-likeness (QED) is 0.790. The van der Waals surface area contributed by atoms with E-state index in [0.29, 0.717) is 5.06 Å². The van der Waals surface area contributed by atoms with Gasteiger partial charge in [0.1, 0.15) is 0 Å². The summed E-state index contributed by atoms with van der Waals surface area (Å²) in [7, 11) is 0. The fourth-order valence-corrected chi connectivity index (χ4v) is 3.26. The van der Waals surface area contributed by atoms with E-state index < -0.39 is 17.8 Å². The Kier molecular flexibility index (Phi) is 4.12. The largest absolute Gasteiger partial charge is 0.382 e. The molecule has 0 atom stereocenters. The summed E-state index contributed by atoms with van der Waals surface area (Å²) in [5, 5.41) is 0.502. The summed E-state index contributed by atoms with van der Waals surface area (Å²) >= 11 is 0. The second-order valence-electron chi connectivity index (χ2n) is 6.28. The average Bonchev–Trinajstić information content (AvgIpc) is 2.94. The van der Waals surface area contributed by atoms with Crippen molar-refractivity contribution in [1.29, 1.82) is 0 Å². The van der Waals surface area contributed by atoms with Gasteiger partial charge in [-0.15, -0.1) is 0 Å². The number of pyridine rings is 1. The Morgan fingerprint density at radius 3 is 2.27 bits per heavy atom. The van der Waals surface area contributed by atoms with Crippen LogP contribution in [0, 0.1) is 0 Å². The van der Waals surface area contributed by atoms with Gasteiger partial charge in [0.25, 0.3) is 11.8 Å². The van der Waals surface area contributed by atoms with Gasteiger partial charge in [0.15, 0.2) is 5.69 Å². The number of hydroxylamine groups is 2. The van der Waals surface area contributed by atoms with Crippen molar-refractivity contribution in [3.8, 4) is 0 Å². The molecule has 0 aliphatic carbocycles. The average molecular weight is 351 g/mol. The van der Waals surface area contributed by atoms with Gasteiger partial charge >= 0.3 is 5.97 Å². The Morgan fingerprint density at radius 2 is 1.62 bits per heavy atom. The SMILES string of the molecule is O=C(ON1C(=O)c2ccccc2C1=O)c1cc(N2CCCCC2)ccn1. The minimum atomic E-state index is -0.835. The first-order valence-electron chi connectivity index (χ1n) is 8.56. The molecule has 2 aliphatic heterocycles. The zero-order valence-electron chi connectivity index (χ0n) is 14.1. The van der Waals surface area contributed by atoms with Crippen LogP contribution in [0.5, 0.6) is 0 Å². The lowest BCUT2D eigenvalue weighted by atomic mass is 10.1. The number of aromatic nitrogens is 1. The molecule has 0 unspecified atom stereocenters. The lowest BCUT2D eigenvalue weighted by Crippen LogP contribution is -2.33. The van der Waals surface area contributed by atoms with E-state index in [-0.39, 0.29) is 16.8 Å². The van der Waals surface area contributed by atoms with E-state index in [4.69, 9.17) is 4.84 Å². The van der Waals surface area contributed by atoms with Crippen LogP contribution in [-0.4, -0.2) is 40.9 Å². The van der Waals surface area contributed by atoms with E-state index in [1.54, 1.807) is 18.2 Å². The van der Waals surface area contributed by atoms with Crippen LogP contribution in [0.4, 0.5) is 5.69 Å². The van der Waals surface area contributed by atoms with Crippen molar-refractivity contribution < 1.29 is 19.2 Å². The van der Waals surface area contributed by atoms with E-state index >= 15 is 0 Å². The molecule has 4 rings (SSSR count). The molecule has 2 aliphatic rings. The molecule has 2 aromatic rings. The van der Waals surface area contributed by atoms with Gasteiger partial charge in [0.2, 0.25) is 0 Å². The minimum absolute atomic E-state index is 0.0598. The standard InChI is InChI=1S/C19H17N3O4/c23-17-14-6-2-3-7-15(14)18(24)22(17)26-19(25)16-12-13(8-9-20-16)21-10-4-1-5-11-21/h2-3,6-9,12H,1,4-5,10-11H2. The zero-order valence-corrected chi connectivity index (χ0v) is 14.1. The van der Waals surface area contributed by atoms with Crippen molar-refractivity contribution in [2.24, 2.45) is 0 Å². The first kappa shape index (κ1) is 16.3. The number of benzene rings is 1. The summed E-state index contributed by atoms with van der Waals surface area (Å²) in [6.45, 7) is 1.85. The fraction of sp³-hybridized carbons (Fsp3) is 0.263. The van der Waals surface area contributed by atoms with Crippen LogP contribution in [0.25, 0.3) is 0 Å². The number of piperidine rings is 1. The normalized spacial score (nSPS) is 16.6. The van der Waals surface area contributed by atoms with Gasteiger partial charge in [0, 0.05) is 25.0 Å². The summed E-state index contributed by atoms with van der Waals surface area (Å²) in [6, 6.07) is 9.82. The predicted molar refractivity (Wildman–Crippen MR) is 92.7 cm³/mol. The second kappa shape index (κ2) is 6.59. The number of hydrogen-bond acceptors (Lipinski definition) is 6. The first-order valence-corrected chi connectivity index (χ1v) is 8.56. The van der Waals surface area contributed by atoms with Crippen LogP contribution in [0.3, 0.4) is 0 Å². The first-order chi connectivity index (χ1) is 12.6. The van der Waals surface area contributed by atoms with Gasteiger partial charge in [-0.3, -0.25) is 9.59 Å². The van der Waals surface area contributed by atoms with Gasteiger partial charge < -0.3 is 9.74 Å². The van der Waals surface area contributed by atoms with Crippen molar-refractivity contribution in [3.05, 3.63) is 59.4 Å². The molecular weight excluding hydrogens is 334 g/mol. The highest BCUT2D eigenvalue weighted by molar-refractivity contribution is 6.21. The van der Waals surface area contributed by atoms with Crippen molar-refractivity contribution in [2.75, 3.05) is 18.0 Å². The zero-order chi connectivity index (χ0) is 18.1. The van der Waals surface area contributed by atoms with Gasteiger partial charge in [-0.2, -0.15) is 0 Å². The molecule has 132 valence electrons. The fourth-order valence-electron chi connectivity index (χ4n) is 3.26. The Hall–Kier alpha value is -3.22. The molecule has 26 heavy (non-hydrogen) atoms. The van der Waals surface area contributed by atoms with E-state index in [9.17, 15) is 14.4 Å². The number of imide groups is 1. The van der Waals surface area contributed by atoms with Gasteiger partial charge in [-0.25, -0.2) is 9.78 Å². The third-order valence-electron chi connectivity index (χ3n) is 4.60. The lowest BCUT2D eigenvalue weighted by Gasteiger charge is -2.28. The third kappa shape index (κ3) is 2.81. The highest BCUT2D eigenvalue weighted by Gasteiger charge is 2.39. The van der Waals surface area contributed by atoms with Gasteiger partial charge in [0.05, 0.1) is 11.1 Å². The summed E-state index contributed by atoms with van der Waals surface area (Å²) in [5.41, 5.74) is 1.39. The number of carbonyl (C=O) groups excluding carboxylic acids is 3. The Morgan fingerprint density at radius 1 is 0.962 bits per heavy atom. The monoisotopic (exact) mass is 351 g/mol. The maximum Gasteiger partial charge on any atom is 0.382 e. The highest BCUT2D eigenvalue weighted by atomic mass is 16.7. The maximum atomic E-state index is 12.4. The molecule has 1 aromatic heterocycles. The summed E-state index contributed by atoms with van der Waals surface area (Å²) < 4.78 is 0. The van der Waals surface area contributed by atoms with Crippen LogP contribution in [0.1, 0.15) is 50.5 Å². The number of carbonyl (C=O) groups is 3. The van der Waals surface area contributed by atoms with Crippen LogP contribution in [0.15, 0.2) is 42.6 Å². The topological polar surface area (TPSA) is 79.8 Å². The summed E-state index contributed by atoms with van der Waals surface area (Å²) in [4.78, 5) is 48.3. The van der Waals surface area contributed by atoms with Crippen LogP contribution >= 0.6 is 0 Å². The molecular formula is C19H17N3O4. The van der Waals surface area contributed by atoms with Crippen molar-refractivity contribution in [2.45, 2.75) is 19.3 Å². The van der Waals surface area contributed by atoms with Crippen molar-refractivity contribution >= 4 is 23.5 Å². The predicted octanol–water partition coefficient (Wildman–Crippen LogP) is 2.44. The van der Waals surface area contributed by atoms with Gasteiger partial charge in [-0.05, 0) is 43.5 Å². The molecule has 7 nitrogen and oxygen atoms in total. The third-order valence-corrected chi connectivity index (χ3v) is 4.60. The van der Waals surface area contributed by atoms with E-state index in [2.05, 4.69) is 9.88 Å². The summed E-state index contributed by atoms with van der Waals surface area (Å²) in [6.07, 6.45) is 4.95. The number of anilines is 1. The van der Waals surface area contributed by atoms with Gasteiger partial charge in [-0.1, -0.05) is 17.2 Å². The molecule has 0 saturated carbocycles. The molecule has 0 N–H and O–H groups in total. The molecule has 1 fully saturated rings. The summed E-state index contributed by atoms with van der Waals surface area (Å²) in [5.74, 6) is -2.13. The van der Waals surface area contributed by atoms with E-state index in [1.165, 1.54) is 24.8 Å². The number of hydrogen-bond donors (Lipinski definition) is 0. The lowest BCUT2D eigenvalue weighted by molar-refractivity contribution is -0.0588. The molecule has 0 spiro atoms. The van der Waals surface area contributed by atoms with Crippen molar-refractivity contribution in [1.82, 2.24) is 10.0 Å². The molecule has 1 saturated heterocycles. The van der Waals surface area contributed by atoms with Crippen LogP contribution in [-0.2, 0) is 4.84 Å². The molecule has 0 bridgehead atoms. The van der Waals surface area contributed by atoms with Crippen LogP contribution in [0.2, 0.25) is 0 Å². The molecule has 0 radical (unpaired) electrons. The smallest absolute Gasteiger partial charge is 0.371 e. The maximum absolute atomic E-state index is 12.4. The number of fused-ring (bicyclic) bond motifs is 1. The van der Waals surface area contributed by atoms with E-state index in [0.717, 1.165) is 31.6 Å². The molecule has 1 aromatic carbocycles. The van der Waals surface area contributed by atoms with Crippen molar-refractivity contribution in [3.63, 3.8) is 0 Å². The second-order valence-corrected chi connectivity index (χ2v) is 6.28. The van der Waals surface area contributed by atoms with E-state index in [1.807, 2.05) is 6.07 Å². The molecule has 2 amide bonds. The molecule has 3 heterocycles. The Labute approximate surface area is 150 Å². The Balaban J connectivity index is 1.52.